The molecule has 20 heavy (non-hydrogen) atoms. The third kappa shape index (κ3) is 2.47. The molecule has 0 atom stereocenters. The van der Waals surface area contributed by atoms with Gasteiger partial charge >= 0.3 is 0 Å². The highest BCUT2D eigenvalue weighted by Gasteiger charge is 2.11. The lowest BCUT2D eigenvalue weighted by atomic mass is 10.1. The fraction of sp³-hybridized carbons (Fsp3) is 0.0667. The molecule has 0 saturated heterocycles. The summed E-state index contributed by atoms with van der Waals surface area (Å²) in [6, 6.07) is 11.0. The highest BCUT2D eigenvalue weighted by atomic mass is 35.5. The monoisotopic (exact) mass is 322 g/mol. The van der Waals surface area contributed by atoms with Gasteiger partial charge in [-0.3, -0.25) is 0 Å². The molecule has 0 saturated carbocycles. The molecule has 3 rings (SSSR count). The number of fused-ring (bicyclic) bond motifs is 1. The molecule has 0 unspecified atom stereocenters. The van der Waals surface area contributed by atoms with Crippen molar-refractivity contribution in [2.45, 2.75) is 6.92 Å². The zero-order valence-corrected chi connectivity index (χ0v) is 12.8. The average Bonchev–Trinajstić information content (AvgIpc) is 2.42. The second kappa shape index (κ2) is 5.21. The Bertz CT molecular complexity index is 816. The molecule has 0 radical (unpaired) electrons. The van der Waals surface area contributed by atoms with Crippen molar-refractivity contribution >= 4 is 45.7 Å². The third-order valence-electron chi connectivity index (χ3n) is 3.05. The van der Waals surface area contributed by atoms with Crippen LogP contribution < -0.4 is 0 Å². The largest absolute Gasteiger partial charge is 0.228 e. The summed E-state index contributed by atoms with van der Waals surface area (Å²) in [7, 11) is 0. The van der Waals surface area contributed by atoms with Crippen LogP contribution in [0.4, 0.5) is 0 Å². The van der Waals surface area contributed by atoms with Gasteiger partial charge in [-0.15, -0.1) is 0 Å². The van der Waals surface area contributed by atoms with Crippen LogP contribution in [0.5, 0.6) is 0 Å². The number of hydrogen-bond acceptors (Lipinski definition) is 2. The Kier molecular flexibility index (Phi) is 3.55. The lowest BCUT2D eigenvalue weighted by Gasteiger charge is -2.08. The van der Waals surface area contributed by atoms with Gasteiger partial charge in [0.05, 0.1) is 5.52 Å². The molecule has 0 aliphatic carbocycles. The number of halogens is 3. The van der Waals surface area contributed by atoms with Gasteiger partial charge in [0.1, 0.15) is 5.15 Å². The van der Waals surface area contributed by atoms with Crippen molar-refractivity contribution in [1.29, 1.82) is 0 Å². The number of nitrogens with zero attached hydrogens (tertiary/aromatic N) is 2. The molecular formula is C15H9Cl3N2. The first-order valence-electron chi connectivity index (χ1n) is 5.94. The molecule has 0 fully saturated rings. The number of hydrogen-bond donors (Lipinski definition) is 0. The van der Waals surface area contributed by atoms with Gasteiger partial charge in [0.2, 0.25) is 0 Å². The van der Waals surface area contributed by atoms with E-state index in [1.54, 1.807) is 12.1 Å². The number of benzene rings is 2. The zero-order valence-electron chi connectivity index (χ0n) is 10.5. The minimum atomic E-state index is 0.381. The third-order valence-corrected chi connectivity index (χ3v) is 3.81. The van der Waals surface area contributed by atoms with Gasteiger partial charge in [-0.1, -0.05) is 40.9 Å². The Morgan fingerprint density at radius 2 is 1.55 bits per heavy atom. The highest BCUT2D eigenvalue weighted by molar-refractivity contribution is 6.36. The van der Waals surface area contributed by atoms with E-state index in [2.05, 4.69) is 9.97 Å². The van der Waals surface area contributed by atoms with E-state index >= 15 is 0 Å². The van der Waals surface area contributed by atoms with E-state index in [1.165, 1.54) is 0 Å². The van der Waals surface area contributed by atoms with Gasteiger partial charge in [0.15, 0.2) is 5.82 Å². The summed E-state index contributed by atoms with van der Waals surface area (Å²) in [5.41, 5.74) is 2.67. The Hall–Kier alpha value is -1.35. The summed E-state index contributed by atoms with van der Waals surface area (Å²) in [5, 5.41) is 2.37. The molecule has 0 bridgehead atoms. The molecule has 0 aliphatic heterocycles. The fourth-order valence-corrected chi connectivity index (χ4v) is 2.59. The second-order valence-corrected chi connectivity index (χ2v) is 5.69. The molecule has 0 amide bonds. The first kappa shape index (κ1) is 13.6. The van der Waals surface area contributed by atoms with Crippen molar-refractivity contribution in [2.24, 2.45) is 0 Å². The Morgan fingerprint density at radius 3 is 2.35 bits per heavy atom. The van der Waals surface area contributed by atoms with Crippen LogP contribution in [0.25, 0.3) is 22.3 Å². The maximum atomic E-state index is 6.23. The van der Waals surface area contributed by atoms with Crippen molar-refractivity contribution in [1.82, 2.24) is 9.97 Å². The normalized spacial score (nSPS) is 11.0. The summed E-state index contributed by atoms with van der Waals surface area (Å²) in [5.74, 6) is 0.560. The Labute approximate surface area is 131 Å². The van der Waals surface area contributed by atoms with E-state index in [0.29, 0.717) is 21.0 Å². The molecule has 1 aromatic heterocycles. The molecule has 2 nitrogen and oxygen atoms in total. The fourth-order valence-electron chi connectivity index (χ4n) is 2.02. The summed E-state index contributed by atoms with van der Waals surface area (Å²) < 4.78 is 0. The summed E-state index contributed by atoms with van der Waals surface area (Å²) in [6.07, 6.45) is 0. The van der Waals surface area contributed by atoms with Crippen LogP contribution in [0.2, 0.25) is 15.2 Å². The summed E-state index contributed by atoms with van der Waals surface area (Å²) in [4.78, 5) is 8.89. The van der Waals surface area contributed by atoms with Crippen molar-refractivity contribution < 1.29 is 0 Å². The molecule has 0 N–H and O–H groups in total. The minimum Gasteiger partial charge on any atom is -0.228 e. The molecule has 0 aliphatic rings. The van der Waals surface area contributed by atoms with Crippen LogP contribution in [0, 0.1) is 6.92 Å². The molecular weight excluding hydrogens is 315 g/mol. The van der Waals surface area contributed by atoms with E-state index in [0.717, 1.165) is 22.0 Å². The van der Waals surface area contributed by atoms with Crippen molar-refractivity contribution in [2.75, 3.05) is 0 Å². The van der Waals surface area contributed by atoms with Gasteiger partial charge in [-0.25, -0.2) is 9.97 Å². The number of aryl methyl sites for hydroxylation is 1. The molecule has 2 aromatic carbocycles. The maximum absolute atomic E-state index is 6.23. The number of rotatable bonds is 1. The van der Waals surface area contributed by atoms with E-state index in [9.17, 15) is 0 Å². The smallest absolute Gasteiger partial charge is 0.161 e. The van der Waals surface area contributed by atoms with Gasteiger partial charge in [0, 0.05) is 21.0 Å². The predicted molar refractivity (Wildman–Crippen MR) is 84.7 cm³/mol. The van der Waals surface area contributed by atoms with Crippen molar-refractivity contribution in [3.63, 3.8) is 0 Å². The average molecular weight is 324 g/mol. The molecule has 0 spiro atoms. The van der Waals surface area contributed by atoms with Crippen molar-refractivity contribution in [3.8, 4) is 11.4 Å². The zero-order chi connectivity index (χ0) is 14.3. The van der Waals surface area contributed by atoms with E-state index in [-0.39, 0.29) is 0 Å². The topological polar surface area (TPSA) is 25.8 Å². The molecule has 1 heterocycles. The van der Waals surface area contributed by atoms with Crippen LogP contribution in [0.3, 0.4) is 0 Å². The minimum absolute atomic E-state index is 0.381. The van der Waals surface area contributed by atoms with Crippen LogP contribution >= 0.6 is 34.8 Å². The van der Waals surface area contributed by atoms with E-state index < -0.39 is 0 Å². The van der Waals surface area contributed by atoms with Gasteiger partial charge in [-0.05, 0) is 42.8 Å². The first-order chi connectivity index (χ1) is 9.54. The highest BCUT2D eigenvalue weighted by Crippen LogP contribution is 2.29. The standard InChI is InChI=1S/C15H9Cl3N2/c1-8-2-3-9(16)6-11(8)15-19-13-5-4-10(17)7-12(13)14(18)20-15/h2-7H,1H3. The molecule has 5 heteroatoms. The van der Waals surface area contributed by atoms with Crippen LogP contribution in [0.15, 0.2) is 36.4 Å². The predicted octanol–water partition coefficient (Wildman–Crippen LogP) is 5.57. The molecule has 100 valence electrons. The Morgan fingerprint density at radius 1 is 0.850 bits per heavy atom. The maximum Gasteiger partial charge on any atom is 0.161 e. The summed E-state index contributed by atoms with van der Waals surface area (Å²) in [6.45, 7) is 1.98. The summed E-state index contributed by atoms with van der Waals surface area (Å²) >= 11 is 18.2. The lowest BCUT2D eigenvalue weighted by molar-refractivity contribution is 1.21. The quantitative estimate of drug-likeness (QED) is 0.547. The Balaban J connectivity index is 2.27. The SMILES string of the molecule is Cc1ccc(Cl)cc1-c1nc(Cl)c2cc(Cl)ccc2n1. The van der Waals surface area contributed by atoms with Crippen LogP contribution in [-0.4, -0.2) is 9.97 Å². The van der Waals surface area contributed by atoms with Crippen molar-refractivity contribution in [3.05, 3.63) is 57.2 Å². The van der Waals surface area contributed by atoms with Crippen LogP contribution in [0.1, 0.15) is 5.56 Å². The lowest BCUT2D eigenvalue weighted by Crippen LogP contribution is -1.94. The first-order valence-corrected chi connectivity index (χ1v) is 7.07. The van der Waals surface area contributed by atoms with Gasteiger partial charge in [-0.2, -0.15) is 0 Å². The second-order valence-electron chi connectivity index (χ2n) is 4.46. The van der Waals surface area contributed by atoms with Gasteiger partial charge in [0.25, 0.3) is 0 Å². The van der Waals surface area contributed by atoms with Crippen LogP contribution in [-0.2, 0) is 0 Å². The van der Waals surface area contributed by atoms with E-state index in [1.807, 2.05) is 31.2 Å². The number of aromatic nitrogens is 2. The molecule has 3 aromatic rings. The van der Waals surface area contributed by atoms with Gasteiger partial charge < -0.3 is 0 Å². The van der Waals surface area contributed by atoms with E-state index in [4.69, 9.17) is 34.8 Å².